The van der Waals surface area contributed by atoms with Gasteiger partial charge in [-0.3, -0.25) is 9.97 Å². The lowest BCUT2D eigenvalue weighted by Crippen LogP contribution is -2.11. The normalized spacial score (nSPS) is 10.5. The van der Waals surface area contributed by atoms with Crippen LogP contribution in [0.5, 0.6) is 0 Å². The van der Waals surface area contributed by atoms with E-state index in [0.717, 1.165) is 34.0 Å². The molecule has 0 saturated carbocycles. The summed E-state index contributed by atoms with van der Waals surface area (Å²) < 4.78 is 0. The van der Waals surface area contributed by atoms with Crippen LogP contribution < -0.4 is 15.5 Å². The van der Waals surface area contributed by atoms with E-state index in [4.69, 9.17) is 0 Å². The Labute approximate surface area is 197 Å². The molecule has 0 radical (unpaired) electrons. The first kappa shape index (κ1) is 20.9. The monoisotopic (exact) mass is 443 g/mol. The van der Waals surface area contributed by atoms with Crippen molar-refractivity contribution < 1.29 is 0 Å². The van der Waals surface area contributed by atoms with Crippen LogP contribution in [-0.4, -0.2) is 22.0 Å². The first-order valence-electron chi connectivity index (χ1n) is 10.7. The zero-order chi connectivity index (χ0) is 23.3. The van der Waals surface area contributed by atoms with Crippen molar-refractivity contribution in [2.45, 2.75) is 0 Å². The molecule has 2 aromatic carbocycles. The molecule has 0 saturated heterocycles. The molecular weight excluding hydrogens is 422 g/mol. The van der Waals surface area contributed by atoms with Gasteiger partial charge in [-0.05, 0) is 54.6 Å². The Bertz CT molecular complexity index is 1460. The molecule has 5 rings (SSSR count). The summed E-state index contributed by atoms with van der Waals surface area (Å²) >= 11 is 0. The Kier molecular flexibility index (Phi) is 5.70. The van der Waals surface area contributed by atoms with Crippen molar-refractivity contribution in [3.8, 4) is 6.07 Å². The molecule has 0 aliphatic carbocycles. The van der Waals surface area contributed by atoms with E-state index >= 15 is 0 Å². The summed E-state index contributed by atoms with van der Waals surface area (Å²) in [4.78, 5) is 15.1. The number of nitrogens with one attached hydrogen (secondary N) is 2. The fraction of sp³-hybridized carbons (Fsp3) is 0.0370. The van der Waals surface area contributed by atoms with Gasteiger partial charge in [0.15, 0.2) is 0 Å². The van der Waals surface area contributed by atoms with Gasteiger partial charge in [0.05, 0.1) is 34.8 Å². The fourth-order valence-electron chi connectivity index (χ4n) is 3.64. The van der Waals surface area contributed by atoms with Crippen LogP contribution in [0.15, 0.2) is 97.6 Å². The average molecular weight is 444 g/mol. The third kappa shape index (κ3) is 4.33. The standard InChI is InChI=1S/C27H21N7/c1-34(23-8-5-13-29-17-23)26-14-24-25(18-31-26)30-16-19(15-28)27(24)33-22-11-9-21(10-12-22)32-20-6-3-2-4-7-20/h2-14,16-18,32H,1H3,(H,30,33). The SMILES string of the molecule is CN(c1cccnc1)c1cc2c(Nc3ccc(Nc4ccccc4)cc3)c(C#N)cnc2cn1. The minimum atomic E-state index is 0.458. The molecule has 7 nitrogen and oxygen atoms in total. The van der Waals surface area contributed by atoms with Crippen molar-refractivity contribution in [1.82, 2.24) is 15.0 Å². The third-order valence-corrected chi connectivity index (χ3v) is 5.45. The number of rotatable bonds is 6. The van der Waals surface area contributed by atoms with Gasteiger partial charge in [0.1, 0.15) is 11.9 Å². The highest BCUT2D eigenvalue weighted by Gasteiger charge is 2.13. The first-order valence-corrected chi connectivity index (χ1v) is 10.7. The fourth-order valence-corrected chi connectivity index (χ4v) is 3.64. The molecular formula is C27H21N7. The lowest BCUT2D eigenvalue weighted by atomic mass is 10.1. The van der Waals surface area contributed by atoms with Crippen LogP contribution in [0.4, 0.5) is 34.3 Å². The predicted molar refractivity (Wildman–Crippen MR) is 136 cm³/mol. The van der Waals surface area contributed by atoms with Gasteiger partial charge in [-0.2, -0.15) is 5.26 Å². The number of anilines is 6. The van der Waals surface area contributed by atoms with E-state index in [0.29, 0.717) is 16.8 Å². The maximum absolute atomic E-state index is 9.75. The van der Waals surface area contributed by atoms with Crippen LogP contribution in [0.3, 0.4) is 0 Å². The molecule has 164 valence electrons. The predicted octanol–water partition coefficient (Wildman–Crippen LogP) is 6.15. The molecule has 0 aliphatic heterocycles. The van der Waals surface area contributed by atoms with Crippen molar-refractivity contribution >= 4 is 45.2 Å². The molecule has 0 fully saturated rings. The zero-order valence-electron chi connectivity index (χ0n) is 18.5. The molecule has 3 aromatic heterocycles. The van der Waals surface area contributed by atoms with Gasteiger partial charge in [0.25, 0.3) is 0 Å². The van der Waals surface area contributed by atoms with E-state index in [-0.39, 0.29) is 0 Å². The number of nitriles is 1. The lowest BCUT2D eigenvalue weighted by Gasteiger charge is -2.19. The van der Waals surface area contributed by atoms with Crippen LogP contribution >= 0.6 is 0 Å². The number of pyridine rings is 3. The highest BCUT2D eigenvalue weighted by Crippen LogP contribution is 2.32. The largest absolute Gasteiger partial charge is 0.356 e. The maximum Gasteiger partial charge on any atom is 0.133 e. The van der Waals surface area contributed by atoms with Crippen LogP contribution in [0.2, 0.25) is 0 Å². The second-order valence-corrected chi connectivity index (χ2v) is 7.68. The highest BCUT2D eigenvalue weighted by molar-refractivity contribution is 5.97. The molecule has 0 aliphatic rings. The lowest BCUT2D eigenvalue weighted by molar-refractivity contribution is 1.12. The highest BCUT2D eigenvalue weighted by atomic mass is 15.2. The second-order valence-electron chi connectivity index (χ2n) is 7.68. The van der Waals surface area contributed by atoms with E-state index < -0.39 is 0 Å². The van der Waals surface area contributed by atoms with E-state index in [1.54, 1.807) is 24.8 Å². The third-order valence-electron chi connectivity index (χ3n) is 5.45. The Hall–Kier alpha value is -4.96. The van der Waals surface area contributed by atoms with E-state index in [2.05, 4.69) is 31.7 Å². The van der Waals surface area contributed by atoms with Gasteiger partial charge >= 0.3 is 0 Å². The van der Waals surface area contributed by atoms with Crippen molar-refractivity contribution in [3.63, 3.8) is 0 Å². The molecule has 0 spiro atoms. The van der Waals surface area contributed by atoms with Crippen LogP contribution in [-0.2, 0) is 0 Å². The van der Waals surface area contributed by atoms with Crippen LogP contribution in [0.1, 0.15) is 5.56 Å². The van der Waals surface area contributed by atoms with Crippen molar-refractivity contribution in [1.29, 1.82) is 5.26 Å². The number of aromatic nitrogens is 3. The van der Waals surface area contributed by atoms with Gasteiger partial charge in [0, 0.05) is 41.9 Å². The number of hydrogen-bond donors (Lipinski definition) is 2. The molecule has 5 aromatic rings. The summed E-state index contributed by atoms with van der Waals surface area (Å²) in [5.41, 5.74) is 5.62. The number of benzene rings is 2. The summed E-state index contributed by atoms with van der Waals surface area (Å²) in [7, 11) is 1.93. The quantitative estimate of drug-likeness (QED) is 0.325. The number of nitrogens with zero attached hydrogens (tertiary/aromatic N) is 5. The number of para-hydroxylation sites is 1. The smallest absolute Gasteiger partial charge is 0.133 e. The van der Waals surface area contributed by atoms with Crippen molar-refractivity contribution in [2.24, 2.45) is 0 Å². The summed E-state index contributed by atoms with van der Waals surface area (Å²) in [6, 6.07) is 26.0. The molecule has 2 N–H and O–H groups in total. The Morgan fingerprint density at radius 3 is 2.24 bits per heavy atom. The minimum Gasteiger partial charge on any atom is -0.356 e. The second kappa shape index (κ2) is 9.27. The maximum atomic E-state index is 9.75. The molecule has 0 unspecified atom stereocenters. The first-order chi connectivity index (χ1) is 16.7. The van der Waals surface area contributed by atoms with E-state index in [9.17, 15) is 5.26 Å². The summed E-state index contributed by atoms with van der Waals surface area (Å²) in [5.74, 6) is 0.725. The van der Waals surface area contributed by atoms with Gasteiger partial charge in [-0.1, -0.05) is 18.2 Å². The van der Waals surface area contributed by atoms with E-state index in [1.807, 2.05) is 84.7 Å². The average Bonchev–Trinajstić information content (AvgIpc) is 2.90. The summed E-state index contributed by atoms with van der Waals surface area (Å²) in [6.07, 6.45) is 6.80. The Morgan fingerprint density at radius 2 is 1.53 bits per heavy atom. The van der Waals surface area contributed by atoms with Gasteiger partial charge < -0.3 is 15.5 Å². The molecule has 0 atom stereocenters. The zero-order valence-corrected chi connectivity index (χ0v) is 18.5. The molecule has 0 amide bonds. The topological polar surface area (TPSA) is 89.8 Å². The van der Waals surface area contributed by atoms with Crippen LogP contribution in [0.25, 0.3) is 10.9 Å². The molecule has 3 heterocycles. The van der Waals surface area contributed by atoms with Crippen molar-refractivity contribution in [2.75, 3.05) is 22.6 Å². The van der Waals surface area contributed by atoms with Crippen molar-refractivity contribution in [3.05, 3.63) is 103 Å². The Morgan fingerprint density at radius 1 is 0.794 bits per heavy atom. The van der Waals surface area contributed by atoms with Gasteiger partial charge in [-0.15, -0.1) is 0 Å². The molecule has 34 heavy (non-hydrogen) atoms. The summed E-state index contributed by atoms with van der Waals surface area (Å²) in [5, 5.41) is 17.3. The Balaban J connectivity index is 1.47. The number of hydrogen-bond acceptors (Lipinski definition) is 7. The van der Waals surface area contributed by atoms with E-state index in [1.165, 1.54) is 0 Å². The molecule has 0 bridgehead atoms. The summed E-state index contributed by atoms with van der Waals surface area (Å²) in [6.45, 7) is 0. The number of fused-ring (bicyclic) bond motifs is 1. The molecule has 7 heteroatoms. The van der Waals surface area contributed by atoms with Gasteiger partial charge in [0.2, 0.25) is 0 Å². The van der Waals surface area contributed by atoms with Gasteiger partial charge in [-0.25, -0.2) is 4.98 Å². The minimum absolute atomic E-state index is 0.458. The van der Waals surface area contributed by atoms with Crippen LogP contribution in [0, 0.1) is 11.3 Å².